The molecule has 5 nitrogen and oxygen atoms in total. The van der Waals surface area contributed by atoms with Gasteiger partial charge in [0, 0.05) is 18.4 Å². The summed E-state index contributed by atoms with van der Waals surface area (Å²) in [5.41, 5.74) is 1.31. The number of pyridine rings is 1. The average molecular weight is 235 g/mol. The maximum atomic E-state index is 11.6. The van der Waals surface area contributed by atoms with Crippen LogP contribution in [0.1, 0.15) is 29.4 Å². The predicted octanol–water partition coefficient (Wildman–Crippen LogP) is 0.646. The smallest absolute Gasteiger partial charge is 0.253 e. The van der Waals surface area contributed by atoms with E-state index in [1.54, 1.807) is 12.1 Å². The minimum atomic E-state index is -0.288. The Hall–Kier alpha value is -1.91. The normalized spacial score (nSPS) is 9.76. The molecule has 0 aliphatic rings. The van der Waals surface area contributed by atoms with Gasteiger partial charge in [-0.3, -0.25) is 14.6 Å². The second-order valence-electron chi connectivity index (χ2n) is 3.72. The van der Waals surface area contributed by atoms with E-state index in [-0.39, 0.29) is 18.4 Å². The number of carbonyl (C=O) groups excluding carboxylic acids is 2. The highest BCUT2D eigenvalue weighted by molar-refractivity contribution is 5.96. The first-order valence-electron chi connectivity index (χ1n) is 5.61. The summed E-state index contributed by atoms with van der Waals surface area (Å²) in [7, 11) is 0. The first kappa shape index (κ1) is 13.2. The third-order valence-corrected chi connectivity index (χ3v) is 2.16. The summed E-state index contributed by atoms with van der Waals surface area (Å²) >= 11 is 0. The van der Waals surface area contributed by atoms with Gasteiger partial charge in [-0.25, -0.2) is 0 Å². The van der Waals surface area contributed by atoms with Gasteiger partial charge in [0.1, 0.15) is 0 Å². The lowest BCUT2D eigenvalue weighted by Crippen LogP contribution is -2.37. The molecule has 0 aliphatic carbocycles. The van der Waals surface area contributed by atoms with Crippen molar-refractivity contribution in [1.29, 1.82) is 0 Å². The Labute approximate surface area is 101 Å². The summed E-state index contributed by atoms with van der Waals surface area (Å²) in [6.07, 6.45) is 2.37. The van der Waals surface area contributed by atoms with Crippen molar-refractivity contribution in [2.45, 2.75) is 20.3 Å². The van der Waals surface area contributed by atoms with Crippen molar-refractivity contribution < 1.29 is 9.59 Å². The number of aryl methyl sites for hydroxylation is 1. The van der Waals surface area contributed by atoms with Crippen molar-refractivity contribution in [2.75, 3.05) is 13.1 Å². The molecule has 0 saturated carbocycles. The molecule has 0 unspecified atom stereocenters. The van der Waals surface area contributed by atoms with Gasteiger partial charge in [-0.2, -0.15) is 0 Å². The van der Waals surface area contributed by atoms with E-state index in [1.807, 2.05) is 13.8 Å². The molecule has 0 fully saturated rings. The van der Waals surface area contributed by atoms with Crippen LogP contribution < -0.4 is 10.6 Å². The van der Waals surface area contributed by atoms with Gasteiger partial charge in [0.25, 0.3) is 5.91 Å². The number of hydrogen-bond acceptors (Lipinski definition) is 3. The third-order valence-electron chi connectivity index (χ3n) is 2.16. The van der Waals surface area contributed by atoms with Crippen LogP contribution >= 0.6 is 0 Å². The molecule has 0 aromatic carbocycles. The van der Waals surface area contributed by atoms with E-state index < -0.39 is 0 Å². The first-order valence-corrected chi connectivity index (χ1v) is 5.61. The molecule has 0 aliphatic heterocycles. The number of nitrogens with zero attached hydrogens (tertiary/aromatic N) is 1. The Balaban J connectivity index is 2.39. The van der Waals surface area contributed by atoms with Crippen LogP contribution in [0.5, 0.6) is 0 Å². The van der Waals surface area contributed by atoms with Gasteiger partial charge in [0.2, 0.25) is 5.91 Å². The van der Waals surface area contributed by atoms with Crippen LogP contribution in [0.2, 0.25) is 0 Å². The monoisotopic (exact) mass is 235 g/mol. The number of rotatable bonds is 5. The van der Waals surface area contributed by atoms with Gasteiger partial charge in [0.05, 0.1) is 12.1 Å². The Morgan fingerprint density at radius 3 is 2.65 bits per heavy atom. The predicted molar refractivity (Wildman–Crippen MR) is 64.6 cm³/mol. The molecule has 17 heavy (non-hydrogen) atoms. The quantitative estimate of drug-likeness (QED) is 0.787. The van der Waals surface area contributed by atoms with Crippen LogP contribution in [0.25, 0.3) is 0 Å². The van der Waals surface area contributed by atoms with Crippen LogP contribution in [0.4, 0.5) is 0 Å². The zero-order chi connectivity index (χ0) is 12.7. The molecular formula is C12H17N3O2. The van der Waals surface area contributed by atoms with Gasteiger partial charge in [-0.05, 0) is 25.5 Å². The molecule has 0 bridgehead atoms. The molecule has 2 N–H and O–H groups in total. The van der Waals surface area contributed by atoms with Gasteiger partial charge in [-0.15, -0.1) is 0 Å². The molecule has 5 heteroatoms. The van der Waals surface area contributed by atoms with Gasteiger partial charge in [0.15, 0.2) is 0 Å². The summed E-state index contributed by atoms with van der Waals surface area (Å²) in [6, 6.07) is 3.44. The molecule has 0 saturated heterocycles. The summed E-state index contributed by atoms with van der Waals surface area (Å²) in [5, 5.41) is 5.22. The molecule has 1 heterocycles. The van der Waals surface area contributed by atoms with E-state index in [4.69, 9.17) is 0 Å². The summed E-state index contributed by atoms with van der Waals surface area (Å²) in [4.78, 5) is 26.9. The highest BCUT2D eigenvalue weighted by Gasteiger charge is 2.07. The highest BCUT2D eigenvalue weighted by Crippen LogP contribution is 1.98. The number of hydrogen-bond donors (Lipinski definition) is 2. The van der Waals surface area contributed by atoms with Crippen LogP contribution in [0.15, 0.2) is 18.3 Å². The largest absolute Gasteiger partial charge is 0.355 e. The third kappa shape index (κ3) is 4.63. The SMILES string of the molecule is CCCNC(=O)CNC(=O)c1ccc(C)nc1. The number of nitrogens with one attached hydrogen (secondary N) is 2. The molecule has 1 aromatic heterocycles. The fraction of sp³-hybridized carbons (Fsp3) is 0.417. The molecule has 92 valence electrons. The van der Waals surface area contributed by atoms with Crippen LogP contribution in [0, 0.1) is 6.92 Å². The minimum Gasteiger partial charge on any atom is -0.355 e. The maximum Gasteiger partial charge on any atom is 0.253 e. The van der Waals surface area contributed by atoms with Crippen molar-refractivity contribution in [3.05, 3.63) is 29.6 Å². The Morgan fingerprint density at radius 2 is 2.06 bits per heavy atom. The Kier molecular flexibility index (Phi) is 5.13. The van der Waals surface area contributed by atoms with E-state index in [0.717, 1.165) is 12.1 Å². The van der Waals surface area contributed by atoms with E-state index in [9.17, 15) is 9.59 Å². The zero-order valence-corrected chi connectivity index (χ0v) is 10.1. The Morgan fingerprint density at radius 1 is 1.29 bits per heavy atom. The van der Waals surface area contributed by atoms with Crippen molar-refractivity contribution in [1.82, 2.24) is 15.6 Å². The number of aromatic nitrogens is 1. The number of amides is 2. The average Bonchev–Trinajstić information content (AvgIpc) is 2.34. The van der Waals surface area contributed by atoms with E-state index in [2.05, 4.69) is 15.6 Å². The fourth-order valence-corrected chi connectivity index (χ4v) is 1.19. The van der Waals surface area contributed by atoms with Gasteiger partial charge in [-0.1, -0.05) is 6.92 Å². The topological polar surface area (TPSA) is 71.1 Å². The second kappa shape index (κ2) is 6.62. The molecule has 0 atom stereocenters. The number of carbonyl (C=O) groups is 2. The lowest BCUT2D eigenvalue weighted by Gasteiger charge is -2.05. The fourth-order valence-electron chi connectivity index (χ4n) is 1.19. The Bertz CT molecular complexity index is 387. The van der Waals surface area contributed by atoms with Crippen LogP contribution in [0.3, 0.4) is 0 Å². The van der Waals surface area contributed by atoms with E-state index >= 15 is 0 Å². The lowest BCUT2D eigenvalue weighted by molar-refractivity contribution is -0.120. The standard InChI is InChI=1S/C12H17N3O2/c1-3-6-13-11(16)8-15-12(17)10-5-4-9(2)14-7-10/h4-5,7H,3,6,8H2,1-2H3,(H,13,16)(H,15,17). The van der Waals surface area contributed by atoms with Crippen molar-refractivity contribution >= 4 is 11.8 Å². The molecule has 2 amide bonds. The molecular weight excluding hydrogens is 218 g/mol. The second-order valence-corrected chi connectivity index (χ2v) is 3.72. The first-order chi connectivity index (χ1) is 8.13. The van der Waals surface area contributed by atoms with E-state index in [0.29, 0.717) is 12.1 Å². The van der Waals surface area contributed by atoms with Crippen molar-refractivity contribution in [2.24, 2.45) is 0 Å². The molecule has 0 radical (unpaired) electrons. The van der Waals surface area contributed by atoms with Crippen LogP contribution in [-0.4, -0.2) is 29.9 Å². The molecule has 0 spiro atoms. The van der Waals surface area contributed by atoms with Crippen molar-refractivity contribution in [3.8, 4) is 0 Å². The molecule has 1 rings (SSSR count). The summed E-state index contributed by atoms with van der Waals surface area (Å²) < 4.78 is 0. The van der Waals surface area contributed by atoms with Crippen molar-refractivity contribution in [3.63, 3.8) is 0 Å². The maximum absolute atomic E-state index is 11.6. The van der Waals surface area contributed by atoms with Crippen LogP contribution in [-0.2, 0) is 4.79 Å². The summed E-state index contributed by atoms with van der Waals surface area (Å²) in [5.74, 6) is -0.468. The lowest BCUT2D eigenvalue weighted by atomic mass is 10.2. The highest BCUT2D eigenvalue weighted by atomic mass is 16.2. The van der Waals surface area contributed by atoms with Gasteiger partial charge < -0.3 is 10.6 Å². The minimum absolute atomic E-state index is 0.00723. The zero-order valence-electron chi connectivity index (χ0n) is 10.1. The molecule has 1 aromatic rings. The van der Waals surface area contributed by atoms with E-state index in [1.165, 1.54) is 6.20 Å². The van der Waals surface area contributed by atoms with Gasteiger partial charge >= 0.3 is 0 Å². The summed E-state index contributed by atoms with van der Waals surface area (Å²) in [6.45, 7) is 4.43.